The largest absolute Gasteiger partial charge is 0.344 e. The number of fused-ring (bicyclic) bond motifs is 1. The molecule has 0 unspecified atom stereocenters. The Morgan fingerprint density at radius 3 is 2.57 bits per heavy atom. The molecule has 1 aromatic heterocycles. The third kappa shape index (κ3) is 4.12. The van der Waals surface area contributed by atoms with Crippen LogP contribution in [0.1, 0.15) is 11.4 Å². The molecule has 0 spiro atoms. The second kappa shape index (κ2) is 7.31. The zero-order chi connectivity index (χ0) is 16.1. The smallest absolute Gasteiger partial charge is 0.132 e. The van der Waals surface area contributed by atoms with Crippen molar-refractivity contribution in [2.24, 2.45) is 4.99 Å². The van der Waals surface area contributed by atoms with Crippen LogP contribution in [0.5, 0.6) is 0 Å². The molecule has 3 aromatic rings. The average Bonchev–Trinajstić information content (AvgIpc) is 2.98. The number of halogens is 2. The van der Waals surface area contributed by atoms with Crippen LogP contribution >= 0.6 is 23.2 Å². The van der Waals surface area contributed by atoms with Crippen LogP contribution in [0.3, 0.4) is 0 Å². The van der Waals surface area contributed by atoms with Crippen molar-refractivity contribution in [1.29, 1.82) is 0 Å². The van der Waals surface area contributed by atoms with Gasteiger partial charge >= 0.3 is 0 Å². The van der Waals surface area contributed by atoms with E-state index in [1.165, 1.54) is 6.20 Å². The summed E-state index contributed by atoms with van der Waals surface area (Å²) >= 11 is 11.3. The SMILES string of the molecule is ClC(Cl)=CNC(=NCc1nc2ccccc2[nH]1)c1ccccc1. The molecule has 3 rings (SSSR count). The van der Waals surface area contributed by atoms with Gasteiger partial charge in [-0.1, -0.05) is 65.7 Å². The summed E-state index contributed by atoms with van der Waals surface area (Å²) in [6.45, 7) is 0.416. The van der Waals surface area contributed by atoms with Crippen molar-refractivity contribution >= 4 is 40.1 Å². The number of hydrogen-bond donors (Lipinski definition) is 2. The van der Waals surface area contributed by atoms with Gasteiger partial charge in [-0.15, -0.1) is 0 Å². The van der Waals surface area contributed by atoms with Crippen LogP contribution < -0.4 is 5.32 Å². The maximum Gasteiger partial charge on any atom is 0.132 e. The Kier molecular flexibility index (Phi) is 4.95. The molecule has 6 heteroatoms. The lowest BCUT2D eigenvalue weighted by Gasteiger charge is -2.06. The van der Waals surface area contributed by atoms with Crippen molar-refractivity contribution in [3.63, 3.8) is 0 Å². The number of nitrogens with zero attached hydrogens (tertiary/aromatic N) is 2. The molecular formula is C17H14Cl2N4. The van der Waals surface area contributed by atoms with Gasteiger partial charge in [0.05, 0.1) is 17.6 Å². The molecule has 0 bridgehead atoms. The number of rotatable bonds is 4. The number of amidine groups is 1. The molecule has 4 nitrogen and oxygen atoms in total. The fourth-order valence-corrected chi connectivity index (χ4v) is 2.28. The van der Waals surface area contributed by atoms with Gasteiger partial charge in [0.1, 0.15) is 16.2 Å². The van der Waals surface area contributed by atoms with Crippen molar-refractivity contribution in [1.82, 2.24) is 15.3 Å². The topological polar surface area (TPSA) is 53.1 Å². The van der Waals surface area contributed by atoms with Gasteiger partial charge in [-0.25, -0.2) is 4.98 Å². The normalized spacial score (nSPS) is 11.5. The molecule has 2 N–H and O–H groups in total. The molecule has 0 saturated heterocycles. The molecule has 0 aliphatic rings. The van der Waals surface area contributed by atoms with Gasteiger partial charge in [0, 0.05) is 11.8 Å². The maximum absolute atomic E-state index is 5.67. The van der Waals surface area contributed by atoms with E-state index in [0.29, 0.717) is 12.4 Å². The summed E-state index contributed by atoms with van der Waals surface area (Å²) in [5.74, 6) is 1.47. The second-order valence-electron chi connectivity index (χ2n) is 4.81. The quantitative estimate of drug-likeness (QED) is 0.545. The number of aromatic amines is 1. The Morgan fingerprint density at radius 1 is 1.09 bits per heavy atom. The number of nitrogens with one attached hydrogen (secondary N) is 2. The first-order valence-electron chi connectivity index (χ1n) is 7.03. The zero-order valence-electron chi connectivity index (χ0n) is 12.1. The van der Waals surface area contributed by atoms with E-state index in [9.17, 15) is 0 Å². The maximum atomic E-state index is 5.67. The van der Waals surface area contributed by atoms with Crippen LogP contribution in [-0.4, -0.2) is 15.8 Å². The average molecular weight is 345 g/mol. The van der Waals surface area contributed by atoms with Gasteiger partial charge in [-0.3, -0.25) is 4.99 Å². The number of aromatic nitrogens is 2. The number of para-hydroxylation sites is 2. The van der Waals surface area contributed by atoms with Crippen LogP contribution in [0.15, 0.2) is 70.3 Å². The third-order valence-electron chi connectivity index (χ3n) is 3.19. The van der Waals surface area contributed by atoms with Gasteiger partial charge in [0.2, 0.25) is 0 Å². The molecule has 2 aromatic carbocycles. The van der Waals surface area contributed by atoms with E-state index >= 15 is 0 Å². The molecule has 0 amide bonds. The summed E-state index contributed by atoms with van der Waals surface area (Å²) in [7, 11) is 0. The molecule has 0 aliphatic carbocycles. The van der Waals surface area contributed by atoms with E-state index in [-0.39, 0.29) is 4.49 Å². The summed E-state index contributed by atoms with van der Waals surface area (Å²) in [5, 5.41) is 3.02. The van der Waals surface area contributed by atoms with E-state index in [2.05, 4.69) is 20.3 Å². The fraction of sp³-hybridized carbons (Fsp3) is 0.0588. The van der Waals surface area contributed by atoms with Gasteiger partial charge < -0.3 is 10.3 Å². The monoisotopic (exact) mass is 344 g/mol. The Bertz CT molecular complexity index is 816. The van der Waals surface area contributed by atoms with Crippen LogP contribution in [0, 0.1) is 0 Å². The molecule has 23 heavy (non-hydrogen) atoms. The first-order chi connectivity index (χ1) is 11.2. The summed E-state index contributed by atoms with van der Waals surface area (Å²) in [6, 6.07) is 17.6. The Balaban J connectivity index is 1.86. The molecule has 0 radical (unpaired) electrons. The Morgan fingerprint density at radius 2 is 1.83 bits per heavy atom. The Labute approximate surface area is 143 Å². The number of imidazole rings is 1. The van der Waals surface area contributed by atoms with Crippen LogP contribution in [0.2, 0.25) is 0 Å². The molecule has 0 fully saturated rings. The molecule has 1 heterocycles. The minimum atomic E-state index is 0.136. The van der Waals surface area contributed by atoms with Crippen molar-refractivity contribution < 1.29 is 0 Å². The number of aliphatic imine (C=N–C) groups is 1. The predicted octanol–water partition coefficient (Wildman–Crippen LogP) is 4.38. The summed E-state index contributed by atoms with van der Waals surface area (Å²) in [4.78, 5) is 12.4. The first-order valence-corrected chi connectivity index (χ1v) is 7.79. The lowest BCUT2D eigenvalue weighted by Crippen LogP contribution is -2.19. The zero-order valence-corrected chi connectivity index (χ0v) is 13.6. The third-order valence-corrected chi connectivity index (χ3v) is 3.41. The van der Waals surface area contributed by atoms with Gasteiger partial charge in [-0.2, -0.15) is 0 Å². The highest BCUT2D eigenvalue weighted by molar-refractivity contribution is 6.55. The Hall–Kier alpha value is -2.30. The van der Waals surface area contributed by atoms with Crippen molar-refractivity contribution in [2.45, 2.75) is 6.54 Å². The van der Waals surface area contributed by atoms with Crippen LogP contribution in [0.25, 0.3) is 11.0 Å². The van der Waals surface area contributed by atoms with Crippen LogP contribution in [-0.2, 0) is 6.54 Å². The molecule has 116 valence electrons. The minimum Gasteiger partial charge on any atom is -0.344 e. The lowest BCUT2D eigenvalue weighted by molar-refractivity contribution is 0.947. The van der Waals surface area contributed by atoms with E-state index < -0.39 is 0 Å². The fourth-order valence-electron chi connectivity index (χ4n) is 2.17. The lowest BCUT2D eigenvalue weighted by atomic mass is 10.2. The van der Waals surface area contributed by atoms with Gasteiger partial charge in [0.25, 0.3) is 0 Å². The summed E-state index contributed by atoms with van der Waals surface area (Å²) in [6.07, 6.45) is 1.49. The molecular weight excluding hydrogens is 331 g/mol. The number of hydrogen-bond acceptors (Lipinski definition) is 2. The van der Waals surface area contributed by atoms with Crippen molar-refractivity contribution in [3.05, 3.63) is 76.7 Å². The molecule has 0 atom stereocenters. The minimum absolute atomic E-state index is 0.136. The molecule has 0 saturated carbocycles. The van der Waals surface area contributed by atoms with Gasteiger partial charge in [-0.05, 0) is 12.1 Å². The highest BCUT2D eigenvalue weighted by Gasteiger charge is 2.04. The van der Waals surface area contributed by atoms with Crippen LogP contribution in [0.4, 0.5) is 0 Å². The summed E-state index contributed by atoms with van der Waals surface area (Å²) in [5.41, 5.74) is 2.86. The van der Waals surface area contributed by atoms with E-state index in [4.69, 9.17) is 23.2 Å². The predicted molar refractivity (Wildman–Crippen MR) is 95.7 cm³/mol. The van der Waals surface area contributed by atoms with E-state index in [1.54, 1.807) is 0 Å². The van der Waals surface area contributed by atoms with Gasteiger partial charge in [0.15, 0.2) is 0 Å². The number of benzene rings is 2. The first kappa shape index (κ1) is 15.6. The number of H-pyrrole nitrogens is 1. The highest BCUT2D eigenvalue weighted by Crippen LogP contribution is 2.11. The van der Waals surface area contributed by atoms with E-state index in [0.717, 1.165) is 22.4 Å². The second-order valence-corrected chi connectivity index (χ2v) is 5.82. The summed E-state index contributed by atoms with van der Waals surface area (Å²) < 4.78 is 0.136. The standard InChI is InChI=1S/C17H14Cl2N4/c18-15(19)10-20-17(12-6-2-1-3-7-12)21-11-16-22-13-8-4-5-9-14(13)23-16/h1-10H,11H2,(H,20,21)(H,22,23). The van der Waals surface area contributed by atoms with Crippen molar-refractivity contribution in [3.8, 4) is 0 Å². The van der Waals surface area contributed by atoms with Crippen molar-refractivity contribution in [2.75, 3.05) is 0 Å². The van der Waals surface area contributed by atoms with E-state index in [1.807, 2.05) is 54.6 Å². The highest BCUT2D eigenvalue weighted by atomic mass is 35.5. The molecule has 0 aliphatic heterocycles.